The molecule has 2 aliphatic rings. The zero-order chi connectivity index (χ0) is 11.0. The lowest BCUT2D eigenvalue weighted by molar-refractivity contribution is -0.165. The molecule has 0 atom stereocenters. The van der Waals surface area contributed by atoms with Gasteiger partial charge in [-0.3, -0.25) is 9.78 Å². The van der Waals surface area contributed by atoms with Gasteiger partial charge in [-0.15, -0.1) is 0 Å². The normalized spacial score (nSPS) is 22.2. The predicted molar refractivity (Wildman–Crippen MR) is 58.0 cm³/mol. The first kappa shape index (κ1) is 9.78. The van der Waals surface area contributed by atoms with Crippen LogP contribution in [0.1, 0.15) is 23.3 Å². The number of hydrogen-bond donors (Lipinski definition) is 1. The highest BCUT2D eigenvalue weighted by Gasteiger charge is 2.50. The van der Waals surface area contributed by atoms with E-state index in [2.05, 4.69) is 10.3 Å². The highest BCUT2D eigenvalue weighted by Crippen LogP contribution is 2.46. The summed E-state index contributed by atoms with van der Waals surface area (Å²) in [6.07, 6.45) is 3.73. The highest BCUT2D eigenvalue weighted by molar-refractivity contribution is 5.92. The van der Waals surface area contributed by atoms with Crippen molar-refractivity contribution in [1.82, 2.24) is 10.3 Å². The summed E-state index contributed by atoms with van der Waals surface area (Å²) in [7, 11) is 0. The van der Waals surface area contributed by atoms with Crippen LogP contribution in [-0.2, 0) is 4.74 Å². The first-order valence-electron chi connectivity index (χ1n) is 5.57. The zero-order valence-electron chi connectivity index (χ0n) is 8.98. The molecule has 0 aromatic carbocycles. The van der Waals surface area contributed by atoms with E-state index < -0.39 is 0 Å². The number of hydrogen-bond acceptors (Lipinski definition) is 3. The quantitative estimate of drug-likeness (QED) is 0.805. The lowest BCUT2D eigenvalue weighted by Gasteiger charge is -2.53. The number of pyridine rings is 1. The van der Waals surface area contributed by atoms with Crippen molar-refractivity contribution in [2.75, 3.05) is 13.2 Å². The molecular weight excluding hydrogens is 204 g/mol. The van der Waals surface area contributed by atoms with Crippen molar-refractivity contribution in [2.45, 2.75) is 18.9 Å². The van der Waals surface area contributed by atoms with Crippen molar-refractivity contribution >= 4 is 5.91 Å². The molecule has 2 heterocycles. The molecule has 1 aromatic heterocycles. The molecule has 1 aliphatic heterocycles. The fourth-order valence-electron chi connectivity index (χ4n) is 2.47. The van der Waals surface area contributed by atoms with Gasteiger partial charge < -0.3 is 10.1 Å². The van der Waals surface area contributed by atoms with Crippen LogP contribution in [0.3, 0.4) is 0 Å². The van der Waals surface area contributed by atoms with Gasteiger partial charge >= 0.3 is 0 Å². The molecule has 0 bridgehead atoms. The van der Waals surface area contributed by atoms with E-state index in [0.717, 1.165) is 26.1 Å². The molecule has 1 saturated heterocycles. The number of aromatic nitrogens is 1. The first-order chi connectivity index (χ1) is 7.77. The third-order valence-corrected chi connectivity index (χ3v) is 3.41. The monoisotopic (exact) mass is 218 g/mol. The largest absolute Gasteiger partial charge is 0.380 e. The van der Waals surface area contributed by atoms with Crippen LogP contribution in [-0.4, -0.2) is 30.1 Å². The molecule has 1 N–H and O–H groups in total. The third kappa shape index (κ3) is 1.59. The van der Waals surface area contributed by atoms with Crippen LogP contribution >= 0.6 is 0 Å². The van der Waals surface area contributed by atoms with Gasteiger partial charge in [0, 0.05) is 17.7 Å². The van der Waals surface area contributed by atoms with Gasteiger partial charge in [0.15, 0.2) is 0 Å². The predicted octanol–water partition coefficient (Wildman–Crippen LogP) is 0.990. The average molecular weight is 218 g/mol. The van der Waals surface area contributed by atoms with E-state index in [1.807, 2.05) is 6.07 Å². The van der Waals surface area contributed by atoms with E-state index in [1.165, 1.54) is 0 Å². The van der Waals surface area contributed by atoms with Crippen molar-refractivity contribution in [3.05, 3.63) is 30.1 Å². The van der Waals surface area contributed by atoms with Crippen LogP contribution in [0.4, 0.5) is 0 Å². The van der Waals surface area contributed by atoms with Gasteiger partial charge in [-0.25, -0.2) is 0 Å². The Bertz CT molecular complexity index is 393. The molecule has 1 saturated carbocycles. The van der Waals surface area contributed by atoms with Crippen LogP contribution in [0.2, 0.25) is 0 Å². The number of nitrogens with one attached hydrogen (secondary N) is 1. The van der Waals surface area contributed by atoms with Crippen LogP contribution in [0.25, 0.3) is 0 Å². The summed E-state index contributed by atoms with van der Waals surface area (Å²) in [5.41, 5.74) is 0.885. The molecule has 4 nitrogen and oxygen atoms in total. The Kier molecular flexibility index (Phi) is 2.17. The Labute approximate surface area is 94.0 Å². The Morgan fingerprint density at radius 3 is 2.81 bits per heavy atom. The molecule has 1 aromatic rings. The molecule has 0 unspecified atom stereocenters. The third-order valence-electron chi connectivity index (χ3n) is 3.41. The second kappa shape index (κ2) is 3.56. The first-order valence-corrected chi connectivity index (χ1v) is 5.57. The Morgan fingerprint density at radius 2 is 2.25 bits per heavy atom. The van der Waals surface area contributed by atoms with Gasteiger partial charge in [-0.05, 0) is 25.0 Å². The fourth-order valence-corrected chi connectivity index (χ4v) is 2.47. The Hall–Kier alpha value is -1.42. The van der Waals surface area contributed by atoms with Gasteiger partial charge in [0.25, 0.3) is 5.91 Å². The van der Waals surface area contributed by atoms with Gasteiger partial charge in [-0.1, -0.05) is 6.07 Å². The standard InChI is InChI=1S/C12H14N2O2/c15-11(10-3-1-2-4-13-10)14-9-5-12(6-9)7-16-8-12/h1-4,9H,5-8H2,(H,14,15). The van der Waals surface area contributed by atoms with Crippen LogP contribution in [0.5, 0.6) is 0 Å². The van der Waals surface area contributed by atoms with E-state index in [4.69, 9.17) is 4.74 Å². The van der Waals surface area contributed by atoms with E-state index in [0.29, 0.717) is 17.2 Å². The van der Waals surface area contributed by atoms with Gasteiger partial charge in [0.05, 0.1) is 13.2 Å². The number of ether oxygens (including phenoxy) is 1. The molecule has 1 aliphatic carbocycles. The summed E-state index contributed by atoms with van der Waals surface area (Å²) in [4.78, 5) is 15.8. The summed E-state index contributed by atoms with van der Waals surface area (Å²) >= 11 is 0. The second-order valence-corrected chi connectivity index (χ2v) is 4.79. The van der Waals surface area contributed by atoms with Crippen molar-refractivity contribution in [2.24, 2.45) is 5.41 Å². The van der Waals surface area contributed by atoms with Crippen molar-refractivity contribution < 1.29 is 9.53 Å². The summed E-state index contributed by atoms with van der Waals surface area (Å²) in [6, 6.07) is 5.67. The lowest BCUT2D eigenvalue weighted by Crippen LogP contribution is -2.59. The van der Waals surface area contributed by atoms with Gasteiger partial charge in [0.1, 0.15) is 5.69 Å². The average Bonchev–Trinajstić information content (AvgIpc) is 2.21. The van der Waals surface area contributed by atoms with Crippen LogP contribution in [0.15, 0.2) is 24.4 Å². The Balaban J connectivity index is 1.55. The molecule has 4 heteroatoms. The van der Waals surface area contributed by atoms with E-state index in [1.54, 1.807) is 18.3 Å². The molecule has 3 rings (SSSR count). The Morgan fingerprint density at radius 1 is 1.44 bits per heavy atom. The summed E-state index contributed by atoms with van der Waals surface area (Å²) in [5, 5.41) is 3.00. The topological polar surface area (TPSA) is 51.2 Å². The number of carbonyl (C=O) groups excluding carboxylic acids is 1. The van der Waals surface area contributed by atoms with Crippen molar-refractivity contribution in [3.63, 3.8) is 0 Å². The number of carbonyl (C=O) groups is 1. The van der Waals surface area contributed by atoms with Gasteiger partial charge in [0.2, 0.25) is 0 Å². The fraction of sp³-hybridized carbons (Fsp3) is 0.500. The van der Waals surface area contributed by atoms with Gasteiger partial charge in [-0.2, -0.15) is 0 Å². The smallest absolute Gasteiger partial charge is 0.270 e. The minimum Gasteiger partial charge on any atom is -0.380 e. The highest BCUT2D eigenvalue weighted by atomic mass is 16.5. The minimum absolute atomic E-state index is 0.0688. The van der Waals surface area contributed by atoms with E-state index in [-0.39, 0.29) is 5.91 Å². The zero-order valence-corrected chi connectivity index (χ0v) is 8.98. The molecule has 2 fully saturated rings. The molecule has 1 spiro atoms. The number of rotatable bonds is 2. The molecule has 84 valence electrons. The lowest BCUT2D eigenvalue weighted by atomic mass is 9.64. The molecule has 0 radical (unpaired) electrons. The van der Waals surface area contributed by atoms with Crippen molar-refractivity contribution in [1.29, 1.82) is 0 Å². The molecular formula is C12H14N2O2. The summed E-state index contributed by atoms with van der Waals surface area (Å²) < 4.78 is 5.19. The minimum atomic E-state index is -0.0688. The van der Waals surface area contributed by atoms with E-state index in [9.17, 15) is 4.79 Å². The number of amides is 1. The maximum Gasteiger partial charge on any atom is 0.270 e. The maximum atomic E-state index is 11.8. The summed E-state index contributed by atoms with van der Waals surface area (Å²) in [5.74, 6) is -0.0688. The van der Waals surface area contributed by atoms with Crippen molar-refractivity contribution in [3.8, 4) is 0 Å². The summed E-state index contributed by atoms with van der Waals surface area (Å²) in [6.45, 7) is 1.73. The second-order valence-electron chi connectivity index (χ2n) is 4.79. The SMILES string of the molecule is O=C(NC1CC2(COC2)C1)c1ccccn1. The number of nitrogens with zero attached hydrogens (tertiary/aromatic N) is 1. The maximum absolute atomic E-state index is 11.8. The molecule has 1 amide bonds. The molecule has 16 heavy (non-hydrogen) atoms. The van der Waals surface area contributed by atoms with E-state index >= 15 is 0 Å². The van der Waals surface area contributed by atoms with Crippen LogP contribution < -0.4 is 5.32 Å². The van der Waals surface area contributed by atoms with Crippen LogP contribution in [0, 0.1) is 5.41 Å².